The van der Waals surface area contributed by atoms with Gasteiger partial charge in [-0.25, -0.2) is 0 Å². The standard InChI is InChI=1S/C12H14F3NO2/c1-2-11(18)16-10(7-17)8-4-3-5-9(6-8)12(13,14)15/h3-6,10,17H,2,7H2,1H3,(H,16,18)/t10-/m1/s1. The SMILES string of the molecule is CCC(=O)N[C@H](CO)c1cccc(C(F)(F)F)c1. The van der Waals surface area contributed by atoms with Crippen LogP contribution in [0.1, 0.15) is 30.5 Å². The Labute approximate surface area is 103 Å². The normalized spacial score (nSPS) is 13.2. The van der Waals surface area contributed by atoms with Crippen LogP contribution in [0.15, 0.2) is 24.3 Å². The highest BCUT2D eigenvalue weighted by Crippen LogP contribution is 2.30. The molecule has 0 saturated carbocycles. The van der Waals surface area contributed by atoms with E-state index in [1.165, 1.54) is 12.1 Å². The van der Waals surface area contributed by atoms with Crippen molar-refractivity contribution in [2.75, 3.05) is 6.61 Å². The molecule has 1 aromatic rings. The Hall–Kier alpha value is -1.56. The highest BCUT2D eigenvalue weighted by atomic mass is 19.4. The van der Waals surface area contributed by atoms with Gasteiger partial charge in [-0.3, -0.25) is 4.79 Å². The first-order valence-corrected chi connectivity index (χ1v) is 5.45. The van der Waals surface area contributed by atoms with Crippen LogP contribution in [0, 0.1) is 0 Å². The van der Waals surface area contributed by atoms with Gasteiger partial charge < -0.3 is 10.4 Å². The number of amides is 1. The number of benzene rings is 1. The maximum Gasteiger partial charge on any atom is 0.416 e. The summed E-state index contributed by atoms with van der Waals surface area (Å²) in [6.45, 7) is 1.17. The van der Waals surface area contributed by atoms with Crippen molar-refractivity contribution in [3.63, 3.8) is 0 Å². The maximum absolute atomic E-state index is 12.5. The van der Waals surface area contributed by atoms with Crippen LogP contribution in [0.3, 0.4) is 0 Å². The Kier molecular flexibility index (Phi) is 4.72. The van der Waals surface area contributed by atoms with Gasteiger partial charge in [-0.1, -0.05) is 19.1 Å². The van der Waals surface area contributed by atoms with E-state index in [1.807, 2.05) is 0 Å². The average Bonchev–Trinajstić information content (AvgIpc) is 2.34. The lowest BCUT2D eigenvalue weighted by Crippen LogP contribution is -2.30. The number of rotatable bonds is 4. The molecule has 2 N–H and O–H groups in total. The van der Waals surface area contributed by atoms with E-state index in [1.54, 1.807) is 6.92 Å². The van der Waals surface area contributed by atoms with Crippen molar-refractivity contribution in [1.82, 2.24) is 5.32 Å². The zero-order chi connectivity index (χ0) is 13.8. The largest absolute Gasteiger partial charge is 0.416 e. The number of aliphatic hydroxyl groups is 1. The molecule has 0 saturated heterocycles. The summed E-state index contributed by atoms with van der Waals surface area (Å²) in [5.41, 5.74) is -0.571. The van der Waals surface area contributed by atoms with Crippen LogP contribution in [0.5, 0.6) is 0 Å². The van der Waals surface area contributed by atoms with Crippen LogP contribution in [-0.2, 0) is 11.0 Å². The van der Waals surface area contributed by atoms with Crippen LogP contribution < -0.4 is 5.32 Å². The predicted molar refractivity (Wildman–Crippen MR) is 59.7 cm³/mol. The fourth-order valence-corrected chi connectivity index (χ4v) is 1.46. The summed E-state index contributed by atoms with van der Waals surface area (Å²) in [7, 11) is 0. The minimum Gasteiger partial charge on any atom is -0.394 e. The second kappa shape index (κ2) is 5.86. The molecule has 1 atom stereocenters. The lowest BCUT2D eigenvalue weighted by molar-refractivity contribution is -0.137. The van der Waals surface area contributed by atoms with Gasteiger partial charge in [-0.15, -0.1) is 0 Å². The quantitative estimate of drug-likeness (QED) is 0.873. The van der Waals surface area contributed by atoms with Gasteiger partial charge in [0.2, 0.25) is 5.91 Å². The minimum atomic E-state index is -4.44. The second-order valence-corrected chi connectivity index (χ2v) is 3.78. The second-order valence-electron chi connectivity index (χ2n) is 3.78. The Morgan fingerprint density at radius 2 is 2.11 bits per heavy atom. The number of carbonyl (C=O) groups is 1. The lowest BCUT2D eigenvalue weighted by Gasteiger charge is -2.17. The number of alkyl halides is 3. The molecule has 0 spiro atoms. The molecule has 3 nitrogen and oxygen atoms in total. The molecule has 0 fully saturated rings. The molecule has 100 valence electrons. The molecule has 18 heavy (non-hydrogen) atoms. The topological polar surface area (TPSA) is 49.3 Å². The molecule has 1 aromatic carbocycles. The van der Waals surface area contributed by atoms with Crippen molar-refractivity contribution >= 4 is 5.91 Å². The van der Waals surface area contributed by atoms with Gasteiger partial charge in [0.15, 0.2) is 0 Å². The molecular weight excluding hydrogens is 247 g/mol. The van der Waals surface area contributed by atoms with Crippen molar-refractivity contribution in [3.05, 3.63) is 35.4 Å². The van der Waals surface area contributed by atoms with Crippen LogP contribution in [-0.4, -0.2) is 17.6 Å². The number of hydrogen-bond donors (Lipinski definition) is 2. The van der Waals surface area contributed by atoms with E-state index < -0.39 is 24.4 Å². The number of aliphatic hydroxyl groups excluding tert-OH is 1. The van der Waals surface area contributed by atoms with Crippen LogP contribution >= 0.6 is 0 Å². The average molecular weight is 261 g/mol. The number of carbonyl (C=O) groups excluding carboxylic acids is 1. The first kappa shape index (κ1) is 14.5. The molecule has 1 amide bonds. The molecule has 0 radical (unpaired) electrons. The predicted octanol–water partition coefficient (Wildman–Crippen LogP) is 2.27. The van der Waals surface area contributed by atoms with E-state index in [0.29, 0.717) is 0 Å². The van der Waals surface area contributed by atoms with E-state index in [2.05, 4.69) is 5.32 Å². The van der Waals surface area contributed by atoms with Gasteiger partial charge in [-0.2, -0.15) is 13.2 Å². The van der Waals surface area contributed by atoms with Crippen molar-refractivity contribution < 1.29 is 23.1 Å². The van der Waals surface area contributed by atoms with Crippen molar-refractivity contribution in [2.45, 2.75) is 25.6 Å². The Balaban J connectivity index is 2.96. The molecule has 0 aliphatic heterocycles. The monoisotopic (exact) mass is 261 g/mol. The molecule has 6 heteroatoms. The lowest BCUT2D eigenvalue weighted by atomic mass is 10.0. The van der Waals surface area contributed by atoms with Crippen molar-refractivity contribution in [3.8, 4) is 0 Å². The fourth-order valence-electron chi connectivity index (χ4n) is 1.46. The summed E-state index contributed by atoms with van der Waals surface area (Å²) in [6.07, 6.45) is -4.24. The molecule has 0 aliphatic carbocycles. The molecule has 0 aliphatic rings. The molecular formula is C12H14F3NO2. The third-order valence-electron chi connectivity index (χ3n) is 2.46. The Bertz CT molecular complexity index is 418. The smallest absolute Gasteiger partial charge is 0.394 e. The molecule has 0 unspecified atom stereocenters. The van der Waals surface area contributed by atoms with Gasteiger partial charge in [0.25, 0.3) is 0 Å². The van der Waals surface area contributed by atoms with Gasteiger partial charge in [-0.05, 0) is 17.7 Å². The third-order valence-corrected chi connectivity index (χ3v) is 2.46. The Morgan fingerprint density at radius 3 is 2.61 bits per heavy atom. The van der Waals surface area contributed by atoms with Crippen molar-refractivity contribution in [1.29, 1.82) is 0 Å². The summed E-state index contributed by atoms with van der Waals surface area (Å²) >= 11 is 0. The number of nitrogens with one attached hydrogen (secondary N) is 1. The van der Waals surface area contributed by atoms with E-state index in [-0.39, 0.29) is 17.9 Å². The van der Waals surface area contributed by atoms with Crippen molar-refractivity contribution in [2.24, 2.45) is 0 Å². The number of hydrogen-bond acceptors (Lipinski definition) is 2. The summed E-state index contributed by atoms with van der Waals surface area (Å²) in [4.78, 5) is 11.2. The van der Waals surface area contributed by atoms with E-state index in [0.717, 1.165) is 12.1 Å². The third kappa shape index (κ3) is 3.73. The zero-order valence-corrected chi connectivity index (χ0v) is 9.79. The molecule has 0 aromatic heterocycles. The Morgan fingerprint density at radius 1 is 1.44 bits per heavy atom. The maximum atomic E-state index is 12.5. The first-order valence-electron chi connectivity index (χ1n) is 5.45. The van der Waals surface area contributed by atoms with Gasteiger partial charge >= 0.3 is 6.18 Å². The number of halogens is 3. The summed E-state index contributed by atoms with van der Waals surface area (Å²) in [5, 5.41) is 11.6. The van der Waals surface area contributed by atoms with E-state index in [4.69, 9.17) is 5.11 Å². The molecule has 1 rings (SSSR count). The minimum absolute atomic E-state index is 0.204. The van der Waals surface area contributed by atoms with Gasteiger partial charge in [0.1, 0.15) is 0 Å². The highest BCUT2D eigenvalue weighted by Gasteiger charge is 2.31. The van der Waals surface area contributed by atoms with Gasteiger partial charge in [0.05, 0.1) is 18.2 Å². The van der Waals surface area contributed by atoms with Crippen LogP contribution in [0.4, 0.5) is 13.2 Å². The first-order chi connectivity index (χ1) is 8.38. The summed E-state index contributed by atoms with van der Waals surface area (Å²) in [6, 6.07) is 3.74. The fraction of sp³-hybridized carbons (Fsp3) is 0.417. The zero-order valence-electron chi connectivity index (χ0n) is 9.79. The highest BCUT2D eigenvalue weighted by molar-refractivity contribution is 5.76. The molecule has 0 bridgehead atoms. The van der Waals surface area contributed by atoms with E-state index >= 15 is 0 Å². The van der Waals surface area contributed by atoms with Gasteiger partial charge in [0, 0.05) is 6.42 Å². The summed E-state index contributed by atoms with van der Waals surface area (Å²) in [5.74, 6) is -0.327. The molecule has 0 heterocycles. The summed E-state index contributed by atoms with van der Waals surface area (Å²) < 4.78 is 37.5. The van der Waals surface area contributed by atoms with Crippen LogP contribution in [0.25, 0.3) is 0 Å². The van der Waals surface area contributed by atoms with E-state index in [9.17, 15) is 18.0 Å². The van der Waals surface area contributed by atoms with Crippen LogP contribution in [0.2, 0.25) is 0 Å².